The number of hydrogen-bond donors (Lipinski definition) is 0. The predicted octanol–water partition coefficient (Wildman–Crippen LogP) is 1.14. The van der Waals surface area contributed by atoms with Crippen LogP contribution < -0.4 is 4.73 Å². The highest BCUT2D eigenvalue weighted by atomic mass is 19.4. The van der Waals surface area contributed by atoms with Crippen LogP contribution in [-0.4, -0.2) is 0 Å². The maximum absolute atomic E-state index is 11.8. The zero-order chi connectivity index (χ0) is 8.48. The van der Waals surface area contributed by atoms with Crippen LogP contribution in [0, 0.1) is 11.3 Å². The first-order chi connectivity index (χ1) is 5.02. The summed E-state index contributed by atoms with van der Waals surface area (Å²) in [7, 11) is 0. The molecule has 1 heterocycles. The van der Waals surface area contributed by atoms with Gasteiger partial charge in [-0.1, -0.05) is 0 Å². The second-order valence-corrected chi connectivity index (χ2v) is 1.84. The van der Waals surface area contributed by atoms with Crippen molar-refractivity contribution < 1.29 is 17.9 Å². The molecule has 0 unspecified atom stereocenters. The largest absolute Gasteiger partial charge is 0.618 e. The zero-order valence-corrected chi connectivity index (χ0v) is 5.22. The minimum atomic E-state index is -4.60. The molecule has 0 bridgehead atoms. The molecule has 0 fully saturated rings. The fourth-order valence-electron chi connectivity index (χ4n) is 0.588. The lowest BCUT2D eigenvalue weighted by atomic mass is 10.3. The minimum absolute atomic E-state index is 0.240. The van der Waals surface area contributed by atoms with Gasteiger partial charge in [-0.05, 0) is 6.07 Å². The number of nitrogens with zero attached hydrogens (tertiary/aromatic N) is 1. The van der Waals surface area contributed by atoms with Crippen molar-refractivity contribution in [3.05, 3.63) is 35.3 Å². The second-order valence-electron chi connectivity index (χ2n) is 1.84. The van der Waals surface area contributed by atoms with E-state index in [1.54, 1.807) is 0 Å². The molecule has 0 aliphatic heterocycles. The topological polar surface area (TPSA) is 26.9 Å². The average molecular weight is 162 g/mol. The van der Waals surface area contributed by atoms with E-state index in [4.69, 9.17) is 0 Å². The van der Waals surface area contributed by atoms with Crippen molar-refractivity contribution in [2.75, 3.05) is 0 Å². The smallest absolute Gasteiger partial charge is 0.478 e. The lowest BCUT2D eigenvalue weighted by Crippen LogP contribution is -2.35. The number of halogens is 3. The van der Waals surface area contributed by atoms with Crippen LogP contribution in [0.15, 0.2) is 18.3 Å². The van der Waals surface area contributed by atoms with E-state index in [1.165, 1.54) is 0 Å². The standard InChI is InChI=1S/C6H3F3NO/c7-6(8,9)5-3-1-2-4-10(5)11/h2-4H. The number of rotatable bonds is 0. The van der Waals surface area contributed by atoms with Crippen molar-refractivity contribution in [1.82, 2.24) is 0 Å². The number of alkyl halides is 3. The van der Waals surface area contributed by atoms with Gasteiger partial charge in [0.2, 0.25) is 0 Å². The molecule has 1 radical (unpaired) electrons. The fraction of sp³-hybridized carbons (Fsp3) is 0.167. The summed E-state index contributed by atoms with van der Waals surface area (Å²) in [6.45, 7) is 0. The van der Waals surface area contributed by atoms with Crippen LogP contribution in [0.25, 0.3) is 0 Å². The highest BCUT2D eigenvalue weighted by molar-refractivity contribution is 4.99. The van der Waals surface area contributed by atoms with E-state index in [0.29, 0.717) is 6.07 Å². The molecule has 59 valence electrons. The van der Waals surface area contributed by atoms with E-state index in [-0.39, 0.29) is 4.73 Å². The summed E-state index contributed by atoms with van der Waals surface area (Å²) in [4.78, 5) is 0. The summed E-state index contributed by atoms with van der Waals surface area (Å²) in [6, 6.07) is 3.89. The zero-order valence-electron chi connectivity index (χ0n) is 5.22. The van der Waals surface area contributed by atoms with Gasteiger partial charge in [-0.25, -0.2) is 0 Å². The first-order valence-corrected chi connectivity index (χ1v) is 2.68. The molecule has 1 aromatic heterocycles. The molecular formula is C6H3F3NO. The van der Waals surface area contributed by atoms with E-state index in [9.17, 15) is 18.4 Å². The van der Waals surface area contributed by atoms with Gasteiger partial charge in [0.25, 0.3) is 5.69 Å². The SMILES string of the molecule is [O-][n+]1cc[c]cc1C(F)(F)F. The maximum Gasteiger partial charge on any atom is 0.478 e. The Morgan fingerprint density at radius 3 is 2.45 bits per heavy atom. The Kier molecular flexibility index (Phi) is 1.72. The summed E-state index contributed by atoms with van der Waals surface area (Å²) in [5, 5.41) is 10.4. The molecule has 0 aliphatic rings. The van der Waals surface area contributed by atoms with E-state index >= 15 is 0 Å². The molecule has 0 amide bonds. The van der Waals surface area contributed by atoms with Gasteiger partial charge >= 0.3 is 6.18 Å². The van der Waals surface area contributed by atoms with Crippen molar-refractivity contribution in [3.63, 3.8) is 0 Å². The van der Waals surface area contributed by atoms with Gasteiger partial charge in [-0.3, -0.25) is 0 Å². The van der Waals surface area contributed by atoms with Crippen LogP contribution in [0.3, 0.4) is 0 Å². The monoisotopic (exact) mass is 162 g/mol. The Bertz CT molecular complexity index is 258. The van der Waals surface area contributed by atoms with Crippen LogP contribution >= 0.6 is 0 Å². The van der Waals surface area contributed by atoms with Gasteiger partial charge in [0.15, 0.2) is 6.20 Å². The van der Waals surface area contributed by atoms with E-state index in [2.05, 4.69) is 6.07 Å². The van der Waals surface area contributed by atoms with Crippen LogP contribution in [0.2, 0.25) is 0 Å². The molecule has 1 aromatic rings. The molecule has 0 spiro atoms. The number of pyridine rings is 1. The van der Waals surface area contributed by atoms with Crippen molar-refractivity contribution in [1.29, 1.82) is 0 Å². The molecule has 2 nitrogen and oxygen atoms in total. The lowest BCUT2D eigenvalue weighted by molar-refractivity contribution is -0.629. The van der Waals surface area contributed by atoms with Crippen LogP contribution in [0.4, 0.5) is 13.2 Å². The molecule has 0 aromatic carbocycles. The van der Waals surface area contributed by atoms with Gasteiger partial charge in [-0.15, -0.1) is 0 Å². The van der Waals surface area contributed by atoms with Gasteiger partial charge in [-0.2, -0.15) is 17.9 Å². The third-order valence-corrected chi connectivity index (χ3v) is 1.05. The Labute approximate surface area is 60.5 Å². The van der Waals surface area contributed by atoms with Crippen molar-refractivity contribution in [2.45, 2.75) is 6.18 Å². The van der Waals surface area contributed by atoms with Gasteiger partial charge in [0.1, 0.15) is 0 Å². The summed E-state index contributed by atoms with van der Waals surface area (Å²) in [6.07, 6.45) is -3.84. The molecule has 0 saturated carbocycles. The average Bonchev–Trinajstić information content (AvgIpc) is 1.86. The number of aromatic nitrogens is 1. The van der Waals surface area contributed by atoms with E-state index in [0.717, 1.165) is 12.3 Å². The minimum Gasteiger partial charge on any atom is -0.618 e. The highest BCUT2D eigenvalue weighted by Crippen LogP contribution is 2.25. The molecule has 11 heavy (non-hydrogen) atoms. The highest BCUT2D eigenvalue weighted by Gasteiger charge is 2.39. The first kappa shape index (κ1) is 7.84. The van der Waals surface area contributed by atoms with E-state index < -0.39 is 11.9 Å². The molecule has 1 rings (SSSR count). The second kappa shape index (κ2) is 2.41. The van der Waals surface area contributed by atoms with Crippen LogP contribution in [0.5, 0.6) is 0 Å². The Morgan fingerprint density at radius 2 is 2.09 bits per heavy atom. The molecule has 5 heteroatoms. The van der Waals surface area contributed by atoms with Crippen molar-refractivity contribution >= 4 is 0 Å². The summed E-state index contributed by atoms with van der Waals surface area (Å²) >= 11 is 0. The van der Waals surface area contributed by atoms with E-state index in [1.807, 2.05) is 0 Å². The third-order valence-electron chi connectivity index (χ3n) is 1.05. The maximum atomic E-state index is 11.8. The van der Waals surface area contributed by atoms with Gasteiger partial charge in [0, 0.05) is 12.1 Å². The molecule has 0 saturated heterocycles. The van der Waals surface area contributed by atoms with Crippen molar-refractivity contribution in [3.8, 4) is 0 Å². The number of hydrogen-bond acceptors (Lipinski definition) is 1. The summed E-state index contributed by atoms with van der Waals surface area (Å²) < 4.78 is 35.2. The lowest BCUT2D eigenvalue weighted by Gasteiger charge is -2.05. The third kappa shape index (κ3) is 1.60. The molecule has 0 N–H and O–H groups in total. The van der Waals surface area contributed by atoms with Crippen LogP contribution in [-0.2, 0) is 6.18 Å². The Hall–Kier alpha value is -1.26. The Morgan fingerprint density at radius 1 is 1.45 bits per heavy atom. The van der Waals surface area contributed by atoms with Gasteiger partial charge in [0.05, 0.1) is 0 Å². The predicted molar refractivity (Wildman–Crippen MR) is 29.2 cm³/mol. The van der Waals surface area contributed by atoms with Crippen molar-refractivity contribution in [2.24, 2.45) is 0 Å². The fourth-order valence-corrected chi connectivity index (χ4v) is 0.588. The van der Waals surface area contributed by atoms with Crippen LogP contribution in [0.1, 0.15) is 5.69 Å². The normalized spacial score (nSPS) is 11.5. The summed E-state index contributed by atoms with van der Waals surface area (Å²) in [5.41, 5.74) is -1.25. The molecule has 0 atom stereocenters. The van der Waals surface area contributed by atoms with Gasteiger partial charge < -0.3 is 5.21 Å². The molecule has 0 aliphatic carbocycles. The summed E-state index contributed by atoms with van der Waals surface area (Å²) in [5.74, 6) is 0. The molecular weight excluding hydrogens is 159 g/mol. The quantitative estimate of drug-likeness (QED) is 0.415. The Balaban J connectivity index is 3.14. The first-order valence-electron chi connectivity index (χ1n) is 2.68.